The highest BCUT2D eigenvalue weighted by Crippen LogP contribution is 2.38. The molecule has 0 aliphatic rings. The highest BCUT2D eigenvalue weighted by molar-refractivity contribution is 7.45. The number of esters is 1. The molecule has 0 saturated heterocycles. The predicted molar refractivity (Wildman–Crippen MR) is 307 cm³/mol. The van der Waals surface area contributed by atoms with E-state index in [2.05, 4.69) is 74.7 Å². The number of hydrogen-bond acceptors (Lipinski definition) is 7. The van der Waals surface area contributed by atoms with Gasteiger partial charge in [0.1, 0.15) is 19.3 Å². The summed E-state index contributed by atoms with van der Waals surface area (Å²) >= 11 is 0. The molecule has 0 heterocycles. The van der Waals surface area contributed by atoms with Crippen molar-refractivity contribution in [3.05, 3.63) is 72.9 Å². The van der Waals surface area contributed by atoms with Gasteiger partial charge in [0.05, 0.1) is 33.8 Å². The molecule has 0 aromatic rings. The van der Waals surface area contributed by atoms with Gasteiger partial charge in [-0.05, 0) is 63.9 Å². The summed E-state index contributed by atoms with van der Waals surface area (Å²) in [6.45, 7) is 6.68. The Morgan fingerprint density at radius 3 is 1.33 bits per heavy atom. The molecule has 0 spiro atoms. The first kappa shape index (κ1) is 69.5. The Bertz CT molecular complexity index is 1460. The molecule has 0 aromatic carbocycles. The number of hydrogen-bond donors (Lipinski definition) is 1. The third-order valence-corrected chi connectivity index (χ3v) is 13.9. The van der Waals surface area contributed by atoms with E-state index in [1.54, 1.807) is 0 Å². The Hall–Kier alpha value is -2.55. The van der Waals surface area contributed by atoms with Crippen LogP contribution in [0.15, 0.2) is 72.9 Å². The smallest absolute Gasteiger partial charge is 0.306 e. The lowest BCUT2D eigenvalue weighted by molar-refractivity contribution is -0.870. The molecule has 3 unspecified atom stereocenters. The fraction of sp³-hybridized carbons (Fsp3) is 0.774. The number of quaternary nitrogens is 1. The van der Waals surface area contributed by atoms with Crippen molar-refractivity contribution in [3.63, 3.8) is 0 Å². The Kier molecular flexibility index (Phi) is 50.1. The number of nitrogens with one attached hydrogen (secondary N) is 1. The van der Waals surface area contributed by atoms with E-state index >= 15 is 0 Å². The van der Waals surface area contributed by atoms with Crippen molar-refractivity contribution in [2.45, 2.75) is 270 Å². The molecule has 10 heteroatoms. The number of unbranched alkanes of at least 4 members (excludes halogenated alkanes) is 27. The van der Waals surface area contributed by atoms with Gasteiger partial charge in [0.15, 0.2) is 0 Å². The molecule has 72 heavy (non-hydrogen) atoms. The zero-order valence-electron chi connectivity index (χ0n) is 47.6. The second kappa shape index (κ2) is 51.9. The van der Waals surface area contributed by atoms with E-state index in [0.29, 0.717) is 17.4 Å². The van der Waals surface area contributed by atoms with Gasteiger partial charge in [-0.15, -0.1) is 0 Å². The van der Waals surface area contributed by atoms with Gasteiger partial charge in [-0.25, -0.2) is 0 Å². The summed E-state index contributed by atoms with van der Waals surface area (Å²) in [7, 11) is 1.14. The van der Waals surface area contributed by atoms with Crippen LogP contribution in [0.5, 0.6) is 0 Å². The minimum absolute atomic E-state index is 0.0365. The Morgan fingerprint density at radius 2 is 0.903 bits per heavy atom. The number of carbonyl (C=O) groups is 2. The molecule has 0 aliphatic carbocycles. The van der Waals surface area contributed by atoms with E-state index in [0.717, 1.165) is 70.6 Å². The third kappa shape index (κ3) is 52.3. The van der Waals surface area contributed by atoms with Crippen LogP contribution in [-0.4, -0.2) is 69.4 Å². The second-order valence-corrected chi connectivity index (χ2v) is 22.5. The fourth-order valence-electron chi connectivity index (χ4n) is 8.33. The van der Waals surface area contributed by atoms with Crippen molar-refractivity contribution in [1.82, 2.24) is 5.32 Å². The molecule has 0 aliphatic heterocycles. The normalized spacial score (nSPS) is 14.3. The van der Waals surface area contributed by atoms with Crippen LogP contribution in [-0.2, 0) is 27.9 Å². The number of allylic oxidation sites excluding steroid dienone is 11. The molecule has 0 aromatic heterocycles. The van der Waals surface area contributed by atoms with Crippen molar-refractivity contribution in [1.29, 1.82) is 0 Å². The highest BCUT2D eigenvalue weighted by Gasteiger charge is 2.27. The second-order valence-electron chi connectivity index (χ2n) is 21.1. The highest BCUT2D eigenvalue weighted by atomic mass is 31.2. The van der Waals surface area contributed by atoms with Gasteiger partial charge in [-0.1, -0.05) is 255 Å². The largest absolute Gasteiger partial charge is 0.756 e. The Balaban J connectivity index is 5.43. The lowest BCUT2D eigenvalue weighted by atomic mass is 10.0. The van der Waals surface area contributed by atoms with Crippen LogP contribution in [0.25, 0.3) is 0 Å². The zero-order chi connectivity index (χ0) is 52.9. The van der Waals surface area contributed by atoms with Gasteiger partial charge >= 0.3 is 5.97 Å². The summed E-state index contributed by atoms with van der Waals surface area (Å²) in [5.74, 6) is -0.633. The number of phosphoric acid groups is 1. The monoisotopic (exact) mass is 1030 g/mol. The maximum atomic E-state index is 13.5. The minimum atomic E-state index is -4.72. The number of phosphoric ester groups is 1. The number of likely N-dealkylation sites (N-methyl/N-ethyl adjacent to an activating group) is 1. The number of ether oxygens (including phenoxy) is 1. The van der Waals surface area contributed by atoms with E-state index in [4.69, 9.17) is 13.8 Å². The summed E-state index contributed by atoms with van der Waals surface area (Å²) in [5.41, 5.74) is 0. The summed E-state index contributed by atoms with van der Waals surface area (Å²) in [6.07, 6.45) is 66.0. The number of rotatable bonds is 53. The lowest BCUT2D eigenvalue weighted by Crippen LogP contribution is -2.47. The molecular formula is C62H113N2O7P. The molecule has 0 saturated carbocycles. The molecule has 1 N–H and O–H groups in total. The van der Waals surface area contributed by atoms with Crippen LogP contribution in [0.4, 0.5) is 0 Å². The number of amides is 1. The molecule has 0 radical (unpaired) electrons. The minimum Gasteiger partial charge on any atom is -0.756 e. The van der Waals surface area contributed by atoms with Gasteiger partial charge < -0.3 is 28.5 Å². The zero-order valence-corrected chi connectivity index (χ0v) is 48.5. The first-order valence-corrected chi connectivity index (χ1v) is 31.2. The fourth-order valence-corrected chi connectivity index (χ4v) is 9.06. The van der Waals surface area contributed by atoms with E-state index in [1.807, 2.05) is 45.4 Å². The van der Waals surface area contributed by atoms with E-state index < -0.39 is 26.6 Å². The maximum Gasteiger partial charge on any atom is 0.306 e. The topological polar surface area (TPSA) is 114 Å². The van der Waals surface area contributed by atoms with Crippen LogP contribution in [0.2, 0.25) is 0 Å². The molecule has 0 bridgehead atoms. The molecule has 1 amide bonds. The summed E-state index contributed by atoms with van der Waals surface area (Å²) < 4.78 is 30.2. The van der Waals surface area contributed by atoms with Crippen LogP contribution < -0.4 is 10.2 Å². The van der Waals surface area contributed by atoms with Crippen LogP contribution in [0.3, 0.4) is 0 Å². The predicted octanol–water partition coefficient (Wildman–Crippen LogP) is 17.4. The van der Waals surface area contributed by atoms with Gasteiger partial charge in [0.2, 0.25) is 5.91 Å². The average molecular weight is 1030 g/mol. The summed E-state index contributed by atoms with van der Waals surface area (Å²) in [4.78, 5) is 39.9. The number of carbonyl (C=O) groups excluding carboxylic acids is 2. The number of nitrogens with zero attached hydrogens (tertiary/aromatic N) is 1. The van der Waals surface area contributed by atoms with Gasteiger partial charge in [-0.2, -0.15) is 0 Å². The van der Waals surface area contributed by atoms with E-state index in [-0.39, 0.29) is 31.3 Å². The van der Waals surface area contributed by atoms with Gasteiger partial charge in [0.25, 0.3) is 7.82 Å². The third-order valence-electron chi connectivity index (χ3n) is 12.9. The summed E-state index contributed by atoms with van der Waals surface area (Å²) in [5, 5.41) is 2.98. The molecule has 9 nitrogen and oxygen atoms in total. The van der Waals surface area contributed by atoms with Gasteiger partial charge in [-0.3, -0.25) is 14.2 Å². The summed E-state index contributed by atoms with van der Waals surface area (Å²) in [6, 6.07) is -0.928. The van der Waals surface area contributed by atoms with Crippen molar-refractivity contribution in [3.8, 4) is 0 Å². The van der Waals surface area contributed by atoms with E-state index in [9.17, 15) is 19.0 Å². The lowest BCUT2D eigenvalue weighted by Gasteiger charge is -2.30. The van der Waals surface area contributed by atoms with Crippen LogP contribution >= 0.6 is 7.82 Å². The molecule has 418 valence electrons. The standard InChI is InChI=1S/C62H113N2O7P/c1-7-10-13-16-19-22-25-28-30-32-34-37-40-43-46-49-52-55-62(66)71-60(53-50-47-44-41-38-35-27-24-21-18-15-12-9-3)59(58-70-72(67,68)69-57-56-64(4,5)6)63-61(65)54-51-48-45-42-39-36-33-31-29-26-23-20-17-14-11-8-2/h11,14,20,23,29,31,36,39,45,48,50,53,59-60H,7-10,12-13,15-19,21-22,24-28,30,32-35,37-38,40-44,46-47,49,51-52,54-58H2,1-6H3,(H-,63,65,67,68)/b14-11+,23-20+,31-29+,39-36+,48-45+,53-50+. The Labute approximate surface area is 444 Å². The molecular weight excluding hydrogens is 916 g/mol. The SMILES string of the molecule is CC/C=C/C/C=C/C/C=C/C/C=C/C/C=C/CCC(=O)NC(COP(=O)([O-])OCC[N+](C)(C)C)C(/C=C/CCCCCCCCCCCCC)OC(=O)CCCCCCCCCCCCCCCCCCC. The maximum absolute atomic E-state index is 13.5. The molecule has 3 atom stereocenters. The van der Waals surface area contributed by atoms with Crippen molar-refractivity contribution >= 4 is 19.7 Å². The van der Waals surface area contributed by atoms with Crippen molar-refractivity contribution < 1.29 is 37.3 Å². The molecule has 0 fully saturated rings. The molecule has 0 rings (SSSR count). The van der Waals surface area contributed by atoms with Crippen molar-refractivity contribution in [2.24, 2.45) is 0 Å². The first-order valence-electron chi connectivity index (χ1n) is 29.7. The first-order chi connectivity index (χ1) is 34.9. The quantitative estimate of drug-likeness (QED) is 0.0212. The van der Waals surface area contributed by atoms with Crippen LogP contribution in [0, 0.1) is 0 Å². The Morgan fingerprint density at radius 1 is 0.500 bits per heavy atom. The van der Waals surface area contributed by atoms with Crippen LogP contribution in [0.1, 0.15) is 258 Å². The van der Waals surface area contributed by atoms with E-state index in [1.165, 1.54) is 148 Å². The van der Waals surface area contributed by atoms with Gasteiger partial charge in [0, 0.05) is 12.8 Å². The van der Waals surface area contributed by atoms with Crippen molar-refractivity contribution in [2.75, 3.05) is 40.9 Å². The average Bonchev–Trinajstić information content (AvgIpc) is 3.34.